The van der Waals surface area contributed by atoms with Gasteiger partial charge in [-0.05, 0) is 49.4 Å². The largest absolute Gasteiger partial charge is 0.343 e. The van der Waals surface area contributed by atoms with Gasteiger partial charge in [0, 0.05) is 26.2 Å². The zero-order chi connectivity index (χ0) is 16.1. The van der Waals surface area contributed by atoms with Crippen LogP contribution in [0, 0.1) is 5.92 Å². The maximum absolute atomic E-state index is 11.5. The molecule has 0 aliphatic carbocycles. The summed E-state index contributed by atoms with van der Waals surface area (Å²) in [7, 11) is 0. The molecule has 0 bridgehead atoms. The van der Waals surface area contributed by atoms with E-state index < -0.39 is 0 Å². The summed E-state index contributed by atoms with van der Waals surface area (Å²) >= 11 is 0. The molecule has 1 amide bonds. The predicted octanol–water partition coefficient (Wildman–Crippen LogP) is 2.42. The van der Waals surface area contributed by atoms with Crippen LogP contribution in [-0.2, 0) is 11.2 Å². The lowest BCUT2D eigenvalue weighted by Crippen LogP contribution is -2.39. The van der Waals surface area contributed by atoms with E-state index in [9.17, 15) is 4.79 Å². The van der Waals surface area contributed by atoms with Crippen molar-refractivity contribution in [3.05, 3.63) is 42.2 Å². The SMILES string of the molecule is CC(=O)N1CCC[C@@H](Cc2ccc(Nc3ccccn3)nn2)C1. The molecule has 1 aliphatic rings. The van der Waals surface area contributed by atoms with Crippen LogP contribution in [-0.4, -0.2) is 39.1 Å². The third-order valence-corrected chi connectivity index (χ3v) is 4.10. The van der Waals surface area contributed by atoms with E-state index in [0.717, 1.165) is 43.9 Å². The number of hydrogen-bond donors (Lipinski definition) is 1. The number of pyridine rings is 1. The second-order valence-corrected chi connectivity index (χ2v) is 5.93. The Bertz CT molecular complexity index is 644. The predicted molar refractivity (Wildman–Crippen MR) is 88.2 cm³/mol. The van der Waals surface area contributed by atoms with Crippen molar-refractivity contribution >= 4 is 17.5 Å². The van der Waals surface area contributed by atoms with Gasteiger partial charge in [0.15, 0.2) is 5.82 Å². The Labute approximate surface area is 136 Å². The molecule has 1 fully saturated rings. The Morgan fingerprint density at radius 2 is 2.17 bits per heavy atom. The molecule has 120 valence electrons. The highest BCUT2D eigenvalue weighted by Gasteiger charge is 2.22. The van der Waals surface area contributed by atoms with Crippen LogP contribution >= 0.6 is 0 Å². The average molecular weight is 311 g/mol. The molecule has 1 saturated heterocycles. The maximum Gasteiger partial charge on any atom is 0.219 e. The lowest BCUT2D eigenvalue weighted by Gasteiger charge is -2.31. The van der Waals surface area contributed by atoms with E-state index in [4.69, 9.17) is 0 Å². The van der Waals surface area contributed by atoms with E-state index in [1.807, 2.05) is 35.2 Å². The first-order valence-electron chi connectivity index (χ1n) is 7.97. The topological polar surface area (TPSA) is 71.0 Å². The van der Waals surface area contributed by atoms with E-state index in [1.165, 1.54) is 0 Å². The maximum atomic E-state index is 11.5. The minimum Gasteiger partial charge on any atom is -0.343 e. The van der Waals surface area contributed by atoms with E-state index in [1.54, 1.807) is 13.1 Å². The zero-order valence-corrected chi connectivity index (χ0v) is 13.3. The number of carbonyl (C=O) groups is 1. The number of piperidine rings is 1. The molecule has 6 heteroatoms. The monoisotopic (exact) mass is 311 g/mol. The van der Waals surface area contributed by atoms with Gasteiger partial charge < -0.3 is 10.2 Å². The number of nitrogens with one attached hydrogen (secondary N) is 1. The van der Waals surface area contributed by atoms with Gasteiger partial charge in [-0.25, -0.2) is 4.98 Å². The molecular formula is C17H21N5O. The number of rotatable bonds is 4. The molecule has 3 heterocycles. The fraction of sp³-hybridized carbons (Fsp3) is 0.412. The minimum absolute atomic E-state index is 0.163. The number of hydrogen-bond acceptors (Lipinski definition) is 5. The quantitative estimate of drug-likeness (QED) is 0.939. The number of nitrogens with zero attached hydrogens (tertiary/aromatic N) is 4. The van der Waals surface area contributed by atoms with Gasteiger partial charge in [-0.2, -0.15) is 5.10 Å². The van der Waals surface area contributed by atoms with Gasteiger partial charge in [0.05, 0.1) is 5.69 Å². The van der Waals surface area contributed by atoms with E-state index in [0.29, 0.717) is 11.7 Å². The van der Waals surface area contributed by atoms with Gasteiger partial charge in [0.1, 0.15) is 5.82 Å². The lowest BCUT2D eigenvalue weighted by atomic mass is 9.93. The molecule has 0 saturated carbocycles. The van der Waals surface area contributed by atoms with E-state index in [-0.39, 0.29) is 5.91 Å². The second kappa shape index (κ2) is 7.17. The van der Waals surface area contributed by atoms with Gasteiger partial charge in [-0.15, -0.1) is 5.10 Å². The van der Waals surface area contributed by atoms with Crippen LogP contribution in [0.4, 0.5) is 11.6 Å². The highest BCUT2D eigenvalue weighted by atomic mass is 16.2. The average Bonchev–Trinajstić information content (AvgIpc) is 2.58. The molecule has 0 aromatic carbocycles. The molecular weight excluding hydrogens is 290 g/mol. The van der Waals surface area contributed by atoms with E-state index in [2.05, 4.69) is 20.5 Å². The zero-order valence-electron chi connectivity index (χ0n) is 13.3. The molecule has 0 radical (unpaired) electrons. The van der Waals surface area contributed by atoms with Gasteiger partial charge in [-0.1, -0.05) is 6.07 Å². The van der Waals surface area contributed by atoms with Crippen molar-refractivity contribution in [1.29, 1.82) is 0 Å². The standard InChI is InChI=1S/C17H21N5O/c1-13(23)22-10-4-5-14(12-22)11-15-7-8-17(21-20-15)19-16-6-2-3-9-18-16/h2-3,6-9,14H,4-5,10-12H2,1H3,(H,18,19,21)/t14-/m0/s1. The molecule has 0 spiro atoms. The molecule has 2 aromatic heterocycles. The molecule has 1 N–H and O–H groups in total. The Morgan fingerprint density at radius 3 is 2.87 bits per heavy atom. The summed E-state index contributed by atoms with van der Waals surface area (Å²) in [6.07, 6.45) is 4.80. The third-order valence-electron chi connectivity index (χ3n) is 4.10. The fourth-order valence-corrected chi connectivity index (χ4v) is 2.92. The van der Waals surface area contributed by atoms with Crippen molar-refractivity contribution in [1.82, 2.24) is 20.1 Å². The molecule has 3 rings (SSSR count). The molecule has 1 aliphatic heterocycles. The Hall–Kier alpha value is -2.50. The third kappa shape index (κ3) is 4.25. The summed E-state index contributed by atoms with van der Waals surface area (Å²) in [5, 5.41) is 11.6. The van der Waals surface area contributed by atoms with Crippen molar-refractivity contribution in [2.75, 3.05) is 18.4 Å². The number of amides is 1. The molecule has 0 unspecified atom stereocenters. The highest BCUT2D eigenvalue weighted by molar-refractivity contribution is 5.73. The summed E-state index contributed by atoms with van der Waals surface area (Å²) < 4.78 is 0. The molecule has 1 atom stereocenters. The van der Waals surface area contributed by atoms with Gasteiger partial charge in [0.25, 0.3) is 0 Å². The van der Waals surface area contributed by atoms with E-state index >= 15 is 0 Å². The fourth-order valence-electron chi connectivity index (χ4n) is 2.92. The van der Waals surface area contributed by atoms with Gasteiger partial charge in [-0.3, -0.25) is 4.79 Å². The van der Waals surface area contributed by atoms with Gasteiger partial charge >= 0.3 is 0 Å². The molecule has 2 aromatic rings. The van der Waals surface area contributed by atoms with Crippen LogP contribution in [0.5, 0.6) is 0 Å². The number of carbonyl (C=O) groups excluding carboxylic acids is 1. The lowest BCUT2D eigenvalue weighted by molar-refractivity contribution is -0.130. The van der Waals surface area contributed by atoms with Crippen LogP contribution in [0.15, 0.2) is 36.5 Å². The molecule has 23 heavy (non-hydrogen) atoms. The first-order chi connectivity index (χ1) is 11.2. The Balaban J connectivity index is 1.58. The van der Waals surface area contributed by atoms with Crippen molar-refractivity contribution in [3.8, 4) is 0 Å². The Kier molecular flexibility index (Phi) is 4.80. The van der Waals surface area contributed by atoms with Crippen LogP contribution in [0.25, 0.3) is 0 Å². The number of aromatic nitrogens is 3. The summed E-state index contributed by atoms with van der Waals surface area (Å²) in [6, 6.07) is 9.58. The first kappa shape index (κ1) is 15.4. The van der Waals surface area contributed by atoms with Crippen LogP contribution in [0.1, 0.15) is 25.5 Å². The Morgan fingerprint density at radius 1 is 1.26 bits per heavy atom. The smallest absolute Gasteiger partial charge is 0.219 e. The van der Waals surface area contributed by atoms with Crippen molar-refractivity contribution in [3.63, 3.8) is 0 Å². The minimum atomic E-state index is 0.163. The van der Waals surface area contributed by atoms with Crippen molar-refractivity contribution in [2.24, 2.45) is 5.92 Å². The van der Waals surface area contributed by atoms with Crippen LogP contribution in [0.3, 0.4) is 0 Å². The second-order valence-electron chi connectivity index (χ2n) is 5.93. The first-order valence-corrected chi connectivity index (χ1v) is 7.97. The van der Waals surface area contributed by atoms with Crippen LogP contribution in [0.2, 0.25) is 0 Å². The van der Waals surface area contributed by atoms with Crippen molar-refractivity contribution in [2.45, 2.75) is 26.2 Å². The van der Waals surface area contributed by atoms with Gasteiger partial charge in [0.2, 0.25) is 5.91 Å². The normalized spacial score (nSPS) is 17.8. The summed E-state index contributed by atoms with van der Waals surface area (Å²) in [5.41, 5.74) is 0.965. The molecule has 6 nitrogen and oxygen atoms in total. The summed E-state index contributed by atoms with van der Waals surface area (Å²) in [4.78, 5) is 17.6. The highest BCUT2D eigenvalue weighted by Crippen LogP contribution is 2.20. The number of likely N-dealkylation sites (tertiary alicyclic amines) is 1. The summed E-state index contributed by atoms with van der Waals surface area (Å²) in [6.45, 7) is 3.34. The summed E-state index contributed by atoms with van der Waals surface area (Å²) in [5.74, 6) is 2.06. The van der Waals surface area contributed by atoms with Crippen molar-refractivity contribution < 1.29 is 4.79 Å². The number of anilines is 2. The van der Waals surface area contributed by atoms with Crippen LogP contribution < -0.4 is 5.32 Å².